The van der Waals surface area contributed by atoms with E-state index in [1.54, 1.807) is 6.20 Å². The molecule has 0 spiro atoms. The summed E-state index contributed by atoms with van der Waals surface area (Å²) in [5.74, 6) is -0.895. The molecule has 5 nitrogen and oxygen atoms in total. The van der Waals surface area contributed by atoms with Gasteiger partial charge in [-0.3, -0.25) is 0 Å². The number of hydrogen-bond donors (Lipinski definition) is 0. The number of hydrogen-bond acceptors (Lipinski definition) is 5. The van der Waals surface area contributed by atoms with Crippen LogP contribution < -0.4 is 0 Å². The summed E-state index contributed by atoms with van der Waals surface area (Å²) in [4.78, 5) is 27.7. The SMILES string of the molecule is COC(=O)C1=C(C(=O)OC)[Se]C(=Cc2ccccn2)[Se]1. The van der Waals surface area contributed by atoms with Crippen LogP contribution in [0.5, 0.6) is 0 Å². The van der Waals surface area contributed by atoms with Gasteiger partial charge in [0.25, 0.3) is 0 Å². The molecule has 0 aliphatic carbocycles. The van der Waals surface area contributed by atoms with Crippen molar-refractivity contribution >= 4 is 47.9 Å². The van der Waals surface area contributed by atoms with Crippen molar-refractivity contribution in [3.63, 3.8) is 0 Å². The molecule has 0 atom stereocenters. The van der Waals surface area contributed by atoms with Gasteiger partial charge in [-0.2, -0.15) is 0 Å². The van der Waals surface area contributed by atoms with Crippen molar-refractivity contribution in [2.24, 2.45) is 0 Å². The molecule has 7 heteroatoms. The predicted molar refractivity (Wildman–Crippen MR) is 74.8 cm³/mol. The number of aromatic nitrogens is 1. The zero-order valence-electron chi connectivity index (χ0n) is 10.8. The van der Waals surface area contributed by atoms with Crippen LogP contribution >= 0.6 is 0 Å². The van der Waals surface area contributed by atoms with Gasteiger partial charge in [0.1, 0.15) is 0 Å². The maximum absolute atomic E-state index is 11.7. The van der Waals surface area contributed by atoms with Crippen molar-refractivity contribution in [1.29, 1.82) is 0 Å². The quantitative estimate of drug-likeness (QED) is 0.539. The Morgan fingerprint density at radius 2 is 1.70 bits per heavy atom. The van der Waals surface area contributed by atoms with Crippen LogP contribution in [0.2, 0.25) is 0 Å². The Hall–Kier alpha value is -1.39. The second-order valence-corrected chi connectivity index (χ2v) is 9.29. The monoisotopic (exact) mass is 405 g/mol. The van der Waals surface area contributed by atoms with Crippen LogP contribution in [-0.2, 0) is 19.1 Å². The minimum atomic E-state index is -0.448. The van der Waals surface area contributed by atoms with Gasteiger partial charge in [-0.05, 0) is 0 Å². The van der Waals surface area contributed by atoms with Crippen molar-refractivity contribution in [2.45, 2.75) is 0 Å². The summed E-state index contributed by atoms with van der Waals surface area (Å²) >= 11 is -0.428. The zero-order valence-corrected chi connectivity index (χ0v) is 14.2. The molecule has 0 aromatic carbocycles. The van der Waals surface area contributed by atoms with Crippen LogP contribution in [0.4, 0.5) is 0 Å². The average molecular weight is 403 g/mol. The summed E-state index contributed by atoms with van der Waals surface area (Å²) in [6, 6.07) is 5.61. The van der Waals surface area contributed by atoms with Gasteiger partial charge in [-0.25, -0.2) is 0 Å². The number of pyridine rings is 1. The summed E-state index contributed by atoms with van der Waals surface area (Å²) in [6.45, 7) is 0. The number of esters is 2. The van der Waals surface area contributed by atoms with Gasteiger partial charge in [0.15, 0.2) is 0 Å². The van der Waals surface area contributed by atoms with Crippen molar-refractivity contribution in [1.82, 2.24) is 4.98 Å². The van der Waals surface area contributed by atoms with E-state index in [1.165, 1.54) is 14.2 Å². The van der Waals surface area contributed by atoms with Crippen molar-refractivity contribution < 1.29 is 19.1 Å². The number of nitrogens with zero attached hydrogens (tertiary/aromatic N) is 1. The molecule has 1 aliphatic heterocycles. The van der Waals surface area contributed by atoms with E-state index < -0.39 is 11.9 Å². The van der Waals surface area contributed by atoms with E-state index >= 15 is 0 Å². The van der Waals surface area contributed by atoms with Gasteiger partial charge in [-0.15, -0.1) is 0 Å². The third kappa shape index (κ3) is 3.38. The molecular formula is C13H11NO4Se2. The molecule has 1 aromatic heterocycles. The van der Waals surface area contributed by atoms with Gasteiger partial charge in [0.2, 0.25) is 0 Å². The number of ether oxygens (including phenoxy) is 2. The van der Waals surface area contributed by atoms with Crippen LogP contribution in [0.25, 0.3) is 6.08 Å². The first-order valence-corrected chi connectivity index (χ1v) is 8.97. The molecule has 0 saturated carbocycles. The molecule has 20 heavy (non-hydrogen) atoms. The molecule has 0 saturated heterocycles. The Balaban J connectivity index is 2.27. The Kier molecular flexibility index (Phi) is 5.15. The molecule has 0 radical (unpaired) electrons. The average Bonchev–Trinajstić information content (AvgIpc) is 2.90. The molecule has 0 unspecified atom stereocenters. The summed E-state index contributed by atoms with van der Waals surface area (Å²) < 4.78 is 11.4. The third-order valence-electron chi connectivity index (χ3n) is 2.31. The molecule has 0 fully saturated rings. The Morgan fingerprint density at radius 3 is 2.15 bits per heavy atom. The fourth-order valence-corrected chi connectivity index (χ4v) is 7.71. The molecule has 1 aromatic rings. The molecule has 0 bridgehead atoms. The first kappa shape index (κ1) is 15.0. The van der Waals surface area contributed by atoms with Gasteiger partial charge < -0.3 is 0 Å². The van der Waals surface area contributed by atoms with Crippen LogP contribution in [-0.4, -0.2) is 61.1 Å². The molecule has 2 heterocycles. The van der Waals surface area contributed by atoms with Gasteiger partial charge in [0, 0.05) is 0 Å². The number of rotatable bonds is 3. The van der Waals surface area contributed by atoms with E-state index in [0.717, 1.165) is 9.06 Å². The van der Waals surface area contributed by atoms with Crippen LogP contribution in [0.15, 0.2) is 36.7 Å². The van der Waals surface area contributed by atoms with Crippen molar-refractivity contribution in [3.05, 3.63) is 42.4 Å². The Bertz CT molecular complexity index is 566. The molecule has 0 amide bonds. The van der Waals surface area contributed by atoms with Crippen LogP contribution in [0.3, 0.4) is 0 Å². The van der Waals surface area contributed by atoms with E-state index in [-0.39, 0.29) is 29.9 Å². The van der Waals surface area contributed by atoms with E-state index in [0.29, 0.717) is 8.94 Å². The third-order valence-corrected chi connectivity index (χ3v) is 8.53. The van der Waals surface area contributed by atoms with E-state index in [2.05, 4.69) is 4.98 Å². The second-order valence-electron chi connectivity index (χ2n) is 3.56. The Morgan fingerprint density at radius 1 is 1.10 bits per heavy atom. The molecule has 0 N–H and O–H groups in total. The standard InChI is InChI=1S/C13H11NO4Se2/c1-17-12(15)10-11(13(16)18-2)20-9(19-10)7-8-5-3-4-6-14-8/h3-7H,1-2H3. The Labute approximate surface area is 128 Å². The zero-order chi connectivity index (χ0) is 14.5. The van der Waals surface area contributed by atoms with Gasteiger partial charge in [-0.1, -0.05) is 0 Å². The van der Waals surface area contributed by atoms with E-state index in [1.807, 2.05) is 24.3 Å². The first-order valence-electron chi connectivity index (χ1n) is 5.55. The van der Waals surface area contributed by atoms with E-state index in [9.17, 15) is 9.59 Å². The summed E-state index contributed by atoms with van der Waals surface area (Å²) in [5, 5.41) is 0. The summed E-state index contributed by atoms with van der Waals surface area (Å²) in [7, 11) is 2.63. The van der Waals surface area contributed by atoms with Crippen LogP contribution in [0.1, 0.15) is 5.69 Å². The topological polar surface area (TPSA) is 65.5 Å². The van der Waals surface area contributed by atoms with E-state index in [4.69, 9.17) is 9.47 Å². The fraction of sp³-hybridized carbons (Fsp3) is 0.154. The minimum absolute atomic E-state index is 0.214. The normalized spacial score (nSPS) is 14.2. The number of carbonyl (C=O) groups is 2. The molecular weight excluding hydrogens is 392 g/mol. The van der Waals surface area contributed by atoms with Gasteiger partial charge in [0.05, 0.1) is 0 Å². The van der Waals surface area contributed by atoms with Gasteiger partial charge >= 0.3 is 129 Å². The predicted octanol–water partition coefficient (Wildman–Crippen LogP) is 0.360. The number of carbonyl (C=O) groups excluding carboxylic acids is 2. The number of methoxy groups -OCH3 is 2. The fourth-order valence-electron chi connectivity index (χ4n) is 1.41. The second kappa shape index (κ2) is 6.86. The van der Waals surface area contributed by atoms with Crippen molar-refractivity contribution in [3.8, 4) is 0 Å². The van der Waals surface area contributed by atoms with Crippen molar-refractivity contribution in [2.75, 3.05) is 14.2 Å². The first-order chi connectivity index (χ1) is 9.65. The molecule has 1 aliphatic rings. The molecule has 2 rings (SSSR count). The molecule has 104 valence electrons. The van der Waals surface area contributed by atoms with Crippen LogP contribution in [0, 0.1) is 0 Å². The maximum atomic E-state index is 11.7. The summed E-state index contributed by atoms with van der Waals surface area (Å²) in [5.41, 5.74) is 0.821. The summed E-state index contributed by atoms with van der Waals surface area (Å²) in [6.07, 6.45) is 3.64.